The van der Waals surface area contributed by atoms with E-state index in [-0.39, 0.29) is 17.7 Å². The number of methoxy groups -OCH3 is 1. The van der Waals surface area contributed by atoms with Crippen molar-refractivity contribution in [1.82, 2.24) is 10.2 Å². The smallest absolute Gasteiger partial charge is 0.225 e. The van der Waals surface area contributed by atoms with Gasteiger partial charge in [0.15, 0.2) is 0 Å². The standard InChI is InChI=1S/C24H30N2O3/c1-17(2)14-23(27)26-13-12-25-24(28)19(16-26)15-18-8-4-5-9-20(18)21-10-6-7-11-22(21)29-3/h4-11,17,19H,12-16H2,1-3H3,(H,25,28)/t19-/m1/s1. The molecule has 2 aromatic rings. The van der Waals surface area contributed by atoms with Crippen molar-refractivity contribution in [1.29, 1.82) is 0 Å². The maximum Gasteiger partial charge on any atom is 0.225 e. The third kappa shape index (κ3) is 5.17. The molecule has 0 spiro atoms. The van der Waals surface area contributed by atoms with Crippen LogP contribution in [-0.2, 0) is 16.0 Å². The van der Waals surface area contributed by atoms with Crippen molar-refractivity contribution in [2.24, 2.45) is 11.8 Å². The van der Waals surface area contributed by atoms with E-state index in [9.17, 15) is 9.59 Å². The molecule has 0 aliphatic carbocycles. The summed E-state index contributed by atoms with van der Waals surface area (Å²) in [5, 5.41) is 2.98. The van der Waals surface area contributed by atoms with E-state index in [1.54, 1.807) is 7.11 Å². The fourth-order valence-electron chi connectivity index (χ4n) is 3.85. The molecule has 5 heteroatoms. The Morgan fingerprint density at radius 3 is 2.55 bits per heavy atom. The quantitative estimate of drug-likeness (QED) is 0.815. The Hall–Kier alpha value is -2.82. The van der Waals surface area contributed by atoms with Gasteiger partial charge in [-0.2, -0.15) is 0 Å². The molecule has 1 saturated heterocycles. The van der Waals surface area contributed by atoms with Crippen LogP contribution in [0.5, 0.6) is 5.75 Å². The number of benzene rings is 2. The van der Waals surface area contributed by atoms with Crippen LogP contribution in [0.3, 0.4) is 0 Å². The van der Waals surface area contributed by atoms with Gasteiger partial charge in [-0.25, -0.2) is 0 Å². The van der Waals surface area contributed by atoms with Gasteiger partial charge >= 0.3 is 0 Å². The molecule has 0 bridgehead atoms. The summed E-state index contributed by atoms with van der Waals surface area (Å²) < 4.78 is 5.54. The van der Waals surface area contributed by atoms with Gasteiger partial charge in [-0.15, -0.1) is 0 Å². The first-order valence-corrected chi connectivity index (χ1v) is 10.3. The van der Waals surface area contributed by atoms with Crippen LogP contribution in [0, 0.1) is 11.8 Å². The zero-order valence-corrected chi connectivity index (χ0v) is 17.5. The molecule has 3 rings (SSSR count). The van der Waals surface area contributed by atoms with Crippen LogP contribution in [0.2, 0.25) is 0 Å². The highest BCUT2D eigenvalue weighted by Crippen LogP contribution is 2.33. The van der Waals surface area contributed by atoms with Crippen molar-refractivity contribution in [3.05, 3.63) is 54.1 Å². The Kier molecular flexibility index (Phi) is 6.91. The van der Waals surface area contributed by atoms with Gasteiger partial charge in [0, 0.05) is 31.6 Å². The maximum absolute atomic E-state index is 12.7. The second kappa shape index (κ2) is 9.59. The fourth-order valence-corrected chi connectivity index (χ4v) is 3.85. The first-order valence-electron chi connectivity index (χ1n) is 10.3. The highest BCUT2D eigenvalue weighted by molar-refractivity contribution is 5.83. The van der Waals surface area contributed by atoms with E-state index in [1.165, 1.54) is 0 Å². The van der Waals surface area contributed by atoms with Crippen LogP contribution in [0.25, 0.3) is 11.1 Å². The molecule has 1 heterocycles. The molecular weight excluding hydrogens is 364 g/mol. The zero-order valence-electron chi connectivity index (χ0n) is 17.5. The van der Waals surface area contributed by atoms with Gasteiger partial charge in [-0.05, 0) is 29.5 Å². The van der Waals surface area contributed by atoms with Crippen molar-refractivity contribution in [2.45, 2.75) is 26.7 Å². The molecule has 1 N–H and O–H groups in total. The van der Waals surface area contributed by atoms with Crippen LogP contribution in [-0.4, -0.2) is 43.5 Å². The van der Waals surface area contributed by atoms with Crippen molar-refractivity contribution < 1.29 is 14.3 Å². The van der Waals surface area contributed by atoms with E-state index in [0.29, 0.717) is 38.4 Å². The number of carbonyl (C=O) groups is 2. The van der Waals surface area contributed by atoms with Crippen molar-refractivity contribution >= 4 is 11.8 Å². The summed E-state index contributed by atoms with van der Waals surface area (Å²) in [6.45, 7) is 5.62. The molecule has 1 aliphatic heterocycles. The SMILES string of the molecule is COc1ccccc1-c1ccccc1C[C@@H]1CN(C(=O)CC(C)C)CCNC1=O. The number of hydrogen-bond donors (Lipinski definition) is 1. The van der Waals surface area contributed by atoms with Crippen molar-refractivity contribution in [2.75, 3.05) is 26.7 Å². The molecule has 154 valence electrons. The van der Waals surface area contributed by atoms with Crippen molar-refractivity contribution in [3.63, 3.8) is 0 Å². The number of nitrogens with zero attached hydrogens (tertiary/aromatic N) is 1. The van der Waals surface area contributed by atoms with E-state index in [1.807, 2.05) is 55.1 Å². The Morgan fingerprint density at radius 2 is 1.83 bits per heavy atom. The van der Waals surface area contributed by atoms with E-state index in [4.69, 9.17) is 4.74 Å². The summed E-state index contributed by atoms with van der Waals surface area (Å²) in [4.78, 5) is 27.2. The summed E-state index contributed by atoms with van der Waals surface area (Å²) >= 11 is 0. The van der Waals surface area contributed by atoms with Gasteiger partial charge in [-0.1, -0.05) is 56.3 Å². The minimum atomic E-state index is -0.274. The molecule has 0 unspecified atom stereocenters. The van der Waals surface area contributed by atoms with E-state index in [2.05, 4.69) is 17.4 Å². The molecule has 0 aromatic heterocycles. The van der Waals surface area contributed by atoms with Gasteiger partial charge in [0.25, 0.3) is 0 Å². The number of para-hydroxylation sites is 1. The average molecular weight is 395 g/mol. The van der Waals surface area contributed by atoms with Crippen LogP contribution in [0.1, 0.15) is 25.8 Å². The van der Waals surface area contributed by atoms with Gasteiger partial charge in [-0.3, -0.25) is 9.59 Å². The van der Waals surface area contributed by atoms with Crippen LogP contribution >= 0.6 is 0 Å². The first-order chi connectivity index (χ1) is 14.0. The monoisotopic (exact) mass is 394 g/mol. The molecule has 1 atom stereocenters. The number of ether oxygens (including phenoxy) is 1. The molecule has 0 saturated carbocycles. The highest BCUT2D eigenvalue weighted by Gasteiger charge is 2.28. The molecule has 29 heavy (non-hydrogen) atoms. The van der Waals surface area contributed by atoms with Crippen LogP contribution in [0.15, 0.2) is 48.5 Å². The first kappa shape index (κ1) is 20.9. The highest BCUT2D eigenvalue weighted by atomic mass is 16.5. The number of amides is 2. The molecule has 5 nitrogen and oxygen atoms in total. The minimum Gasteiger partial charge on any atom is -0.496 e. The van der Waals surface area contributed by atoms with E-state index in [0.717, 1.165) is 22.4 Å². The molecule has 1 fully saturated rings. The normalized spacial score (nSPS) is 17.0. The Labute approximate surface area is 173 Å². The van der Waals surface area contributed by atoms with Crippen LogP contribution in [0.4, 0.5) is 0 Å². The number of hydrogen-bond acceptors (Lipinski definition) is 3. The third-order valence-electron chi connectivity index (χ3n) is 5.31. The number of carbonyl (C=O) groups excluding carboxylic acids is 2. The molecule has 0 radical (unpaired) electrons. The van der Waals surface area contributed by atoms with Gasteiger partial charge in [0.2, 0.25) is 11.8 Å². The lowest BCUT2D eigenvalue weighted by Crippen LogP contribution is -2.37. The minimum absolute atomic E-state index is 0.0136. The lowest BCUT2D eigenvalue weighted by molar-refractivity contribution is -0.132. The lowest BCUT2D eigenvalue weighted by atomic mass is 9.91. The largest absolute Gasteiger partial charge is 0.496 e. The summed E-state index contributed by atoms with van der Waals surface area (Å²) in [6, 6.07) is 16.0. The van der Waals surface area contributed by atoms with E-state index < -0.39 is 0 Å². The lowest BCUT2D eigenvalue weighted by Gasteiger charge is -2.24. The Balaban J connectivity index is 1.86. The average Bonchev–Trinajstić information content (AvgIpc) is 2.89. The summed E-state index contributed by atoms with van der Waals surface area (Å²) in [5.74, 6) is 0.974. The summed E-state index contributed by atoms with van der Waals surface area (Å²) in [5.41, 5.74) is 3.14. The second-order valence-electron chi connectivity index (χ2n) is 7.99. The molecule has 1 aliphatic rings. The maximum atomic E-state index is 12.7. The zero-order chi connectivity index (χ0) is 20.8. The second-order valence-corrected chi connectivity index (χ2v) is 7.99. The molecular formula is C24H30N2O3. The summed E-state index contributed by atoms with van der Waals surface area (Å²) in [6.07, 6.45) is 1.09. The molecule has 2 aromatic carbocycles. The predicted octanol–water partition coefficient (Wildman–Crippen LogP) is 3.53. The number of rotatable bonds is 6. The Bertz CT molecular complexity index is 863. The van der Waals surface area contributed by atoms with E-state index >= 15 is 0 Å². The van der Waals surface area contributed by atoms with Gasteiger partial charge in [0.05, 0.1) is 13.0 Å². The predicted molar refractivity (Wildman–Crippen MR) is 115 cm³/mol. The van der Waals surface area contributed by atoms with Crippen molar-refractivity contribution in [3.8, 4) is 16.9 Å². The third-order valence-corrected chi connectivity index (χ3v) is 5.31. The topological polar surface area (TPSA) is 58.6 Å². The summed E-state index contributed by atoms with van der Waals surface area (Å²) in [7, 11) is 1.67. The number of nitrogens with one attached hydrogen (secondary N) is 1. The van der Waals surface area contributed by atoms with Gasteiger partial charge in [0.1, 0.15) is 5.75 Å². The fraction of sp³-hybridized carbons (Fsp3) is 0.417. The van der Waals surface area contributed by atoms with Crippen LogP contribution < -0.4 is 10.1 Å². The van der Waals surface area contributed by atoms with Gasteiger partial charge < -0.3 is 15.0 Å². The molecule has 2 amide bonds. The Morgan fingerprint density at radius 1 is 1.14 bits per heavy atom.